The van der Waals surface area contributed by atoms with E-state index in [2.05, 4.69) is 45.4 Å². The standard InChI is InChI=1S/C13H12INO/c1-9-6-11(8-16)10(2)15(9)13-5-3-4-12(14)7-13/h3-8H,1-2H3. The fraction of sp³-hybridized carbons (Fsp3) is 0.154. The zero-order valence-corrected chi connectivity index (χ0v) is 11.4. The van der Waals surface area contributed by atoms with E-state index < -0.39 is 0 Å². The molecule has 0 saturated carbocycles. The van der Waals surface area contributed by atoms with Gasteiger partial charge in [0.2, 0.25) is 0 Å². The van der Waals surface area contributed by atoms with Crippen molar-refractivity contribution in [2.75, 3.05) is 0 Å². The van der Waals surface area contributed by atoms with Crippen molar-refractivity contribution in [1.29, 1.82) is 0 Å². The highest BCUT2D eigenvalue weighted by Gasteiger charge is 2.09. The number of rotatable bonds is 2. The van der Waals surface area contributed by atoms with Gasteiger partial charge >= 0.3 is 0 Å². The van der Waals surface area contributed by atoms with Gasteiger partial charge < -0.3 is 4.57 Å². The highest BCUT2D eigenvalue weighted by molar-refractivity contribution is 14.1. The maximum absolute atomic E-state index is 10.9. The molecule has 0 N–H and O–H groups in total. The van der Waals surface area contributed by atoms with Gasteiger partial charge in [-0.3, -0.25) is 4.79 Å². The lowest BCUT2D eigenvalue weighted by molar-refractivity contribution is 0.112. The van der Waals surface area contributed by atoms with Gasteiger partial charge in [-0.2, -0.15) is 0 Å². The van der Waals surface area contributed by atoms with Crippen LogP contribution < -0.4 is 0 Å². The summed E-state index contributed by atoms with van der Waals surface area (Å²) in [6.45, 7) is 3.98. The van der Waals surface area contributed by atoms with Crippen LogP contribution in [0.25, 0.3) is 5.69 Å². The van der Waals surface area contributed by atoms with Crippen molar-refractivity contribution in [3.63, 3.8) is 0 Å². The Morgan fingerprint density at radius 2 is 2.00 bits per heavy atom. The molecule has 0 amide bonds. The van der Waals surface area contributed by atoms with Crippen LogP contribution >= 0.6 is 22.6 Å². The van der Waals surface area contributed by atoms with Gasteiger partial charge in [-0.05, 0) is 60.7 Å². The number of carbonyl (C=O) groups is 1. The molecule has 2 rings (SSSR count). The van der Waals surface area contributed by atoms with E-state index in [1.165, 1.54) is 3.57 Å². The number of aryl methyl sites for hydroxylation is 1. The summed E-state index contributed by atoms with van der Waals surface area (Å²) in [5.41, 5.74) is 3.95. The van der Waals surface area contributed by atoms with Crippen LogP contribution in [0.1, 0.15) is 21.7 Å². The summed E-state index contributed by atoms with van der Waals surface area (Å²) in [5.74, 6) is 0. The lowest BCUT2D eigenvalue weighted by atomic mass is 10.2. The average Bonchev–Trinajstić information content (AvgIpc) is 2.53. The Labute approximate surface area is 108 Å². The van der Waals surface area contributed by atoms with E-state index in [1.807, 2.05) is 26.0 Å². The van der Waals surface area contributed by atoms with Crippen molar-refractivity contribution < 1.29 is 4.79 Å². The zero-order valence-electron chi connectivity index (χ0n) is 9.20. The van der Waals surface area contributed by atoms with Crippen molar-refractivity contribution in [2.45, 2.75) is 13.8 Å². The fourth-order valence-electron chi connectivity index (χ4n) is 1.92. The number of aldehydes is 1. The third kappa shape index (κ3) is 1.91. The first kappa shape index (κ1) is 11.4. The lowest BCUT2D eigenvalue weighted by Gasteiger charge is -2.09. The maximum atomic E-state index is 10.9. The number of halogens is 1. The molecule has 82 valence electrons. The van der Waals surface area contributed by atoms with Gasteiger partial charge in [-0.15, -0.1) is 0 Å². The van der Waals surface area contributed by atoms with Crippen molar-refractivity contribution in [3.8, 4) is 5.69 Å². The summed E-state index contributed by atoms with van der Waals surface area (Å²) in [6, 6.07) is 10.2. The van der Waals surface area contributed by atoms with E-state index in [0.717, 1.165) is 28.9 Å². The number of benzene rings is 1. The molecule has 0 radical (unpaired) electrons. The summed E-state index contributed by atoms with van der Waals surface area (Å²) in [5, 5.41) is 0. The summed E-state index contributed by atoms with van der Waals surface area (Å²) >= 11 is 2.29. The number of nitrogens with zero attached hydrogens (tertiary/aromatic N) is 1. The highest BCUT2D eigenvalue weighted by atomic mass is 127. The van der Waals surface area contributed by atoms with E-state index in [-0.39, 0.29) is 0 Å². The minimum absolute atomic E-state index is 0.761. The predicted octanol–water partition coefficient (Wildman–Crippen LogP) is 3.51. The van der Waals surface area contributed by atoms with Gasteiger partial charge in [0.1, 0.15) is 0 Å². The molecule has 0 spiro atoms. The minimum Gasteiger partial charge on any atom is -0.318 e. The van der Waals surface area contributed by atoms with E-state index >= 15 is 0 Å². The van der Waals surface area contributed by atoms with Crippen LogP contribution in [0.5, 0.6) is 0 Å². The second-order valence-electron chi connectivity index (χ2n) is 3.76. The molecule has 0 aliphatic carbocycles. The third-order valence-electron chi connectivity index (χ3n) is 2.66. The Morgan fingerprint density at radius 3 is 2.56 bits per heavy atom. The monoisotopic (exact) mass is 325 g/mol. The molecule has 16 heavy (non-hydrogen) atoms. The zero-order chi connectivity index (χ0) is 11.7. The first-order valence-corrected chi connectivity index (χ1v) is 6.11. The summed E-state index contributed by atoms with van der Waals surface area (Å²) in [4.78, 5) is 10.9. The Hall–Kier alpha value is -1.10. The number of carbonyl (C=O) groups excluding carboxylic acids is 1. The molecule has 1 aromatic heterocycles. The van der Waals surface area contributed by atoms with Crippen LogP contribution in [0, 0.1) is 17.4 Å². The molecule has 0 aliphatic rings. The quantitative estimate of drug-likeness (QED) is 0.612. The van der Waals surface area contributed by atoms with Crippen molar-refractivity contribution in [3.05, 3.63) is 50.9 Å². The second kappa shape index (κ2) is 4.41. The average molecular weight is 325 g/mol. The van der Waals surface area contributed by atoms with Gasteiger partial charge in [0, 0.05) is 26.2 Å². The first-order chi connectivity index (χ1) is 7.63. The molecule has 1 heterocycles. The predicted molar refractivity (Wildman–Crippen MR) is 73.3 cm³/mol. The van der Waals surface area contributed by atoms with Crippen molar-refractivity contribution in [1.82, 2.24) is 4.57 Å². The van der Waals surface area contributed by atoms with E-state index in [9.17, 15) is 4.79 Å². The van der Waals surface area contributed by atoms with Gasteiger partial charge in [0.05, 0.1) is 0 Å². The molecule has 0 fully saturated rings. The topological polar surface area (TPSA) is 22.0 Å². The van der Waals surface area contributed by atoms with Crippen LogP contribution in [0.4, 0.5) is 0 Å². The molecule has 2 aromatic rings. The minimum atomic E-state index is 0.761. The normalized spacial score (nSPS) is 10.4. The molecule has 1 aromatic carbocycles. The molecular weight excluding hydrogens is 313 g/mol. The van der Waals surface area contributed by atoms with Crippen LogP contribution in [0.15, 0.2) is 30.3 Å². The molecule has 0 bridgehead atoms. The van der Waals surface area contributed by atoms with Crippen LogP contribution in [-0.4, -0.2) is 10.9 Å². The summed E-state index contributed by atoms with van der Waals surface area (Å²) < 4.78 is 3.29. The maximum Gasteiger partial charge on any atom is 0.151 e. The lowest BCUT2D eigenvalue weighted by Crippen LogP contribution is -1.99. The van der Waals surface area contributed by atoms with Crippen LogP contribution in [0.2, 0.25) is 0 Å². The fourth-order valence-corrected chi connectivity index (χ4v) is 2.45. The smallest absolute Gasteiger partial charge is 0.151 e. The Morgan fingerprint density at radius 1 is 1.25 bits per heavy atom. The van der Waals surface area contributed by atoms with Gasteiger partial charge in [-0.1, -0.05) is 6.07 Å². The molecule has 3 heteroatoms. The molecule has 2 nitrogen and oxygen atoms in total. The van der Waals surface area contributed by atoms with Crippen LogP contribution in [-0.2, 0) is 0 Å². The van der Waals surface area contributed by atoms with Crippen molar-refractivity contribution >= 4 is 28.9 Å². The van der Waals surface area contributed by atoms with Gasteiger partial charge in [-0.25, -0.2) is 0 Å². The van der Waals surface area contributed by atoms with Crippen molar-refractivity contribution in [2.24, 2.45) is 0 Å². The molecule has 0 saturated heterocycles. The van der Waals surface area contributed by atoms with Crippen LogP contribution in [0.3, 0.4) is 0 Å². The van der Waals surface area contributed by atoms with E-state index in [1.54, 1.807) is 0 Å². The third-order valence-corrected chi connectivity index (χ3v) is 3.33. The Kier molecular flexibility index (Phi) is 3.14. The number of aromatic nitrogens is 1. The van der Waals surface area contributed by atoms with Gasteiger partial charge in [0.25, 0.3) is 0 Å². The Balaban J connectivity index is 2.64. The molecule has 0 unspecified atom stereocenters. The molecule has 0 aliphatic heterocycles. The largest absolute Gasteiger partial charge is 0.318 e. The summed E-state index contributed by atoms with van der Waals surface area (Å²) in [6.07, 6.45) is 0.909. The number of hydrogen-bond acceptors (Lipinski definition) is 1. The molecule has 0 atom stereocenters. The van der Waals surface area contributed by atoms with Gasteiger partial charge in [0.15, 0.2) is 6.29 Å². The Bertz CT molecular complexity index is 543. The first-order valence-electron chi connectivity index (χ1n) is 5.03. The summed E-state index contributed by atoms with van der Waals surface area (Å²) in [7, 11) is 0. The highest BCUT2D eigenvalue weighted by Crippen LogP contribution is 2.20. The number of hydrogen-bond donors (Lipinski definition) is 0. The SMILES string of the molecule is Cc1cc(C=O)c(C)n1-c1cccc(I)c1. The molecular formula is C13H12INO. The van der Waals surface area contributed by atoms with E-state index in [0.29, 0.717) is 0 Å². The van der Waals surface area contributed by atoms with E-state index in [4.69, 9.17) is 0 Å². The second-order valence-corrected chi connectivity index (χ2v) is 5.01.